The Kier molecular flexibility index (Phi) is 37.2. The van der Waals surface area contributed by atoms with Crippen LogP contribution in [0.25, 0.3) is 0 Å². The summed E-state index contributed by atoms with van der Waals surface area (Å²) in [4.78, 5) is 25.1. The fourth-order valence-electron chi connectivity index (χ4n) is 6.75. The van der Waals surface area contributed by atoms with Crippen molar-refractivity contribution in [2.45, 2.75) is 258 Å². The van der Waals surface area contributed by atoms with Crippen LogP contribution in [0.2, 0.25) is 0 Å². The highest BCUT2D eigenvalue weighted by atomic mass is 16.5. The molecule has 0 aliphatic carbocycles. The van der Waals surface area contributed by atoms with Crippen molar-refractivity contribution in [2.75, 3.05) is 6.61 Å². The summed E-state index contributed by atoms with van der Waals surface area (Å²) in [6.45, 7) is 9.17. The van der Waals surface area contributed by atoms with E-state index in [0.717, 1.165) is 45.1 Å². The number of carbonyl (C=O) groups is 2. The van der Waals surface area contributed by atoms with Crippen molar-refractivity contribution >= 4 is 11.8 Å². The van der Waals surface area contributed by atoms with Gasteiger partial charge in [-0.3, -0.25) is 9.59 Å². The van der Waals surface area contributed by atoms with Crippen LogP contribution in [0.15, 0.2) is 0 Å². The molecule has 0 aliphatic rings. The first kappa shape index (κ1) is 46.1. The number of ether oxygens (including phenoxy) is 2. The van der Waals surface area contributed by atoms with E-state index in [9.17, 15) is 9.59 Å². The van der Waals surface area contributed by atoms with Crippen LogP contribution in [0.3, 0.4) is 0 Å². The Bertz CT molecular complexity index is 648. The Hall–Kier alpha value is -0.900. The molecular formula is C43H84O4. The molecule has 0 spiro atoms. The molecule has 0 bridgehead atoms. The van der Waals surface area contributed by atoms with Crippen molar-refractivity contribution in [2.24, 2.45) is 0 Å². The largest absolute Gasteiger partial charge is 0.462 e. The number of Topliss-reactive ketones (excluding diaryl/α,β-unsaturated/α-hetero) is 1. The van der Waals surface area contributed by atoms with Crippen molar-refractivity contribution < 1.29 is 19.1 Å². The van der Waals surface area contributed by atoms with Crippen LogP contribution in [0, 0.1) is 0 Å². The third kappa shape index (κ3) is 36.2. The Labute approximate surface area is 295 Å². The SMILES string of the molecule is CCCCCCCCCCCCC[C@H](CC(C)=O)OC(=O)C[C@@H](CCCCCCCCCCC)OCCCCCCCCCCCC. The molecule has 0 saturated heterocycles. The highest BCUT2D eigenvalue weighted by molar-refractivity contribution is 5.77. The third-order valence-electron chi connectivity index (χ3n) is 9.82. The zero-order chi connectivity index (χ0) is 34.5. The van der Waals surface area contributed by atoms with Gasteiger partial charge < -0.3 is 9.47 Å². The summed E-state index contributed by atoms with van der Waals surface area (Å²) < 4.78 is 12.3. The summed E-state index contributed by atoms with van der Waals surface area (Å²) in [6.07, 6.45) is 41.1. The molecule has 4 heteroatoms. The predicted molar refractivity (Wildman–Crippen MR) is 204 cm³/mol. The predicted octanol–water partition coefficient (Wildman–Crippen LogP) is 14.2. The van der Waals surface area contributed by atoms with Crippen LogP contribution in [0.4, 0.5) is 0 Å². The van der Waals surface area contributed by atoms with Crippen LogP contribution >= 0.6 is 0 Å². The maximum atomic E-state index is 13.1. The van der Waals surface area contributed by atoms with E-state index in [1.807, 2.05) is 0 Å². The molecule has 0 aromatic heterocycles. The Morgan fingerprint density at radius 2 is 0.723 bits per heavy atom. The molecule has 0 saturated carbocycles. The van der Waals surface area contributed by atoms with Gasteiger partial charge in [0.15, 0.2) is 0 Å². The van der Waals surface area contributed by atoms with Crippen LogP contribution < -0.4 is 0 Å². The van der Waals surface area contributed by atoms with Gasteiger partial charge in [0.1, 0.15) is 11.9 Å². The van der Waals surface area contributed by atoms with E-state index in [4.69, 9.17) is 9.47 Å². The molecule has 0 amide bonds. The zero-order valence-electron chi connectivity index (χ0n) is 32.5. The summed E-state index contributed by atoms with van der Waals surface area (Å²) >= 11 is 0. The lowest BCUT2D eigenvalue weighted by Crippen LogP contribution is -2.25. The molecular weight excluding hydrogens is 580 g/mol. The minimum atomic E-state index is -0.283. The van der Waals surface area contributed by atoms with Gasteiger partial charge in [-0.25, -0.2) is 0 Å². The molecule has 0 unspecified atom stereocenters. The van der Waals surface area contributed by atoms with Gasteiger partial charge in [0.05, 0.1) is 12.5 Å². The summed E-state index contributed by atoms with van der Waals surface area (Å²) in [5.74, 6) is -0.0716. The number of hydrogen-bond donors (Lipinski definition) is 0. The van der Waals surface area contributed by atoms with E-state index < -0.39 is 0 Å². The molecule has 0 heterocycles. The van der Waals surface area contributed by atoms with Gasteiger partial charge in [-0.2, -0.15) is 0 Å². The van der Waals surface area contributed by atoms with Crippen molar-refractivity contribution in [1.82, 2.24) is 0 Å². The molecule has 0 aromatic rings. The Balaban J connectivity index is 4.48. The molecule has 0 aliphatic heterocycles. The van der Waals surface area contributed by atoms with Gasteiger partial charge in [-0.05, 0) is 32.6 Å². The monoisotopic (exact) mass is 665 g/mol. The van der Waals surface area contributed by atoms with Crippen LogP contribution in [0.1, 0.15) is 246 Å². The highest BCUT2D eigenvalue weighted by Crippen LogP contribution is 2.19. The van der Waals surface area contributed by atoms with E-state index in [-0.39, 0.29) is 24.0 Å². The van der Waals surface area contributed by atoms with Crippen molar-refractivity contribution in [1.29, 1.82) is 0 Å². The number of carbonyl (C=O) groups excluding carboxylic acids is 2. The molecule has 0 N–H and O–H groups in total. The number of esters is 1. The van der Waals surface area contributed by atoms with Gasteiger partial charge in [-0.1, -0.05) is 201 Å². The van der Waals surface area contributed by atoms with E-state index in [2.05, 4.69) is 20.8 Å². The van der Waals surface area contributed by atoms with Crippen molar-refractivity contribution in [3.8, 4) is 0 Å². The quantitative estimate of drug-likeness (QED) is 0.0485. The summed E-state index contributed by atoms with van der Waals surface area (Å²) in [5, 5.41) is 0. The second-order valence-electron chi connectivity index (χ2n) is 14.8. The molecule has 4 nitrogen and oxygen atoms in total. The minimum absolute atomic E-state index is 0.0643. The number of ketones is 1. The maximum absolute atomic E-state index is 13.1. The standard InChI is InChI=1S/C43H84O4/c1-5-8-11-14-17-20-22-24-27-30-33-36-42(38-40(4)44)47-43(45)39-41(35-32-29-26-23-19-16-13-10-7-3)46-37-34-31-28-25-21-18-15-12-9-6-2/h41-42H,5-39H2,1-4H3/t41-,42-/m1/s1. The average Bonchev–Trinajstić information content (AvgIpc) is 3.04. The molecule has 0 aromatic carbocycles. The van der Waals surface area contributed by atoms with Crippen LogP contribution in [-0.2, 0) is 19.1 Å². The number of unbranched alkanes of at least 4 members (excludes halogenated alkanes) is 27. The van der Waals surface area contributed by atoms with Crippen molar-refractivity contribution in [3.05, 3.63) is 0 Å². The Morgan fingerprint density at radius 1 is 0.404 bits per heavy atom. The van der Waals surface area contributed by atoms with Crippen LogP contribution in [-0.4, -0.2) is 30.6 Å². The topological polar surface area (TPSA) is 52.6 Å². The van der Waals surface area contributed by atoms with Gasteiger partial charge in [0.25, 0.3) is 0 Å². The van der Waals surface area contributed by atoms with Crippen molar-refractivity contribution in [3.63, 3.8) is 0 Å². The summed E-state index contributed by atoms with van der Waals surface area (Å²) in [7, 11) is 0. The molecule has 2 atom stereocenters. The van der Waals surface area contributed by atoms with E-state index in [1.54, 1.807) is 6.92 Å². The third-order valence-corrected chi connectivity index (χ3v) is 9.82. The van der Waals surface area contributed by atoms with Gasteiger partial charge in [0, 0.05) is 13.0 Å². The lowest BCUT2D eigenvalue weighted by molar-refractivity contribution is -0.153. The van der Waals surface area contributed by atoms with Crippen LogP contribution in [0.5, 0.6) is 0 Å². The second-order valence-corrected chi connectivity index (χ2v) is 14.8. The summed E-state index contributed by atoms with van der Waals surface area (Å²) in [5.41, 5.74) is 0. The first-order valence-corrected chi connectivity index (χ1v) is 21.3. The number of hydrogen-bond acceptors (Lipinski definition) is 4. The molecule has 0 radical (unpaired) electrons. The summed E-state index contributed by atoms with van der Waals surface area (Å²) in [6, 6.07) is 0. The fourth-order valence-corrected chi connectivity index (χ4v) is 6.75. The lowest BCUT2D eigenvalue weighted by atomic mass is 10.0. The van der Waals surface area contributed by atoms with E-state index in [0.29, 0.717) is 12.8 Å². The fraction of sp³-hybridized carbons (Fsp3) is 0.953. The average molecular weight is 665 g/mol. The molecule has 47 heavy (non-hydrogen) atoms. The minimum Gasteiger partial charge on any atom is -0.462 e. The second kappa shape index (κ2) is 37.9. The van der Waals surface area contributed by atoms with Gasteiger partial charge in [-0.15, -0.1) is 0 Å². The van der Waals surface area contributed by atoms with Gasteiger partial charge in [0.2, 0.25) is 0 Å². The van der Waals surface area contributed by atoms with Gasteiger partial charge >= 0.3 is 5.97 Å². The first-order chi connectivity index (χ1) is 23.0. The maximum Gasteiger partial charge on any atom is 0.308 e. The normalized spacial score (nSPS) is 12.8. The smallest absolute Gasteiger partial charge is 0.308 e. The van der Waals surface area contributed by atoms with E-state index >= 15 is 0 Å². The Morgan fingerprint density at radius 3 is 1.09 bits per heavy atom. The molecule has 0 rings (SSSR count). The lowest BCUT2D eigenvalue weighted by Gasteiger charge is -2.21. The molecule has 0 fully saturated rings. The molecule has 280 valence electrons. The highest BCUT2D eigenvalue weighted by Gasteiger charge is 2.20. The zero-order valence-corrected chi connectivity index (χ0v) is 32.5. The first-order valence-electron chi connectivity index (χ1n) is 21.3. The van der Waals surface area contributed by atoms with E-state index in [1.165, 1.54) is 167 Å². The number of rotatable bonds is 39.